The Bertz CT molecular complexity index is 931. The standard InChI is InChI=1S/C25H32Cl2N2O2S/c1-6-18(4)28-25(31)19(5)29(13-21-7-8-22(26)12-23(21)27)24(30)15-32-14-20-10-16(2)9-17(3)11-20/h7-12,18-19H,6,13-15H2,1-5H3,(H,28,31)/t18-,19+/m1/s1. The van der Waals surface area contributed by atoms with Gasteiger partial charge in [0.2, 0.25) is 11.8 Å². The van der Waals surface area contributed by atoms with Crippen LogP contribution >= 0.6 is 35.0 Å². The molecule has 0 saturated heterocycles. The highest BCUT2D eigenvalue weighted by Gasteiger charge is 2.27. The minimum absolute atomic E-state index is 0.0416. The fourth-order valence-corrected chi connectivity index (χ4v) is 4.69. The summed E-state index contributed by atoms with van der Waals surface area (Å²) < 4.78 is 0. The van der Waals surface area contributed by atoms with Crippen LogP contribution in [-0.2, 0) is 21.9 Å². The van der Waals surface area contributed by atoms with Crippen LogP contribution in [0, 0.1) is 13.8 Å². The number of carbonyl (C=O) groups excluding carboxylic acids is 2. The van der Waals surface area contributed by atoms with Gasteiger partial charge < -0.3 is 10.2 Å². The Kier molecular flexibility index (Phi) is 10.4. The molecule has 7 heteroatoms. The highest BCUT2D eigenvalue weighted by atomic mass is 35.5. The zero-order valence-electron chi connectivity index (χ0n) is 19.4. The van der Waals surface area contributed by atoms with Gasteiger partial charge in [0.05, 0.1) is 5.75 Å². The van der Waals surface area contributed by atoms with Gasteiger partial charge in [-0.3, -0.25) is 9.59 Å². The molecule has 0 aliphatic carbocycles. The van der Waals surface area contributed by atoms with Gasteiger partial charge >= 0.3 is 0 Å². The molecular weight excluding hydrogens is 463 g/mol. The van der Waals surface area contributed by atoms with Crippen molar-refractivity contribution in [3.63, 3.8) is 0 Å². The first-order valence-corrected chi connectivity index (χ1v) is 12.7. The Hall–Kier alpha value is -1.69. The number of thioether (sulfide) groups is 1. The van der Waals surface area contributed by atoms with E-state index in [1.54, 1.807) is 41.8 Å². The molecule has 0 bridgehead atoms. The van der Waals surface area contributed by atoms with Gasteiger partial charge in [0.25, 0.3) is 0 Å². The van der Waals surface area contributed by atoms with Gasteiger partial charge in [-0.05, 0) is 57.4 Å². The molecule has 2 aromatic rings. The first-order valence-electron chi connectivity index (χ1n) is 10.8. The quantitative estimate of drug-likeness (QED) is 0.429. The van der Waals surface area contributed by atoms with Gasteiger partial charge in [-0.15, -0.1) is 11.8 Å². The number of hydrogen-bond acceptors (Lipinski definition) is 3. The van der Waals surface area contributed by atoms with Crippen molar-refractivity contribution in [1.29, 1.82) is 0 Å². The van der Waals surface area contributed by atoms with Crippen LogP contribution in [-0.4, -0.2) is 34.6 Å². The third-order valence-electron chi connectivity index (χ3n) is 5.30. The molecule has 0 spiro atoms. The van der Waals surface area contributed by atoms with Crippen molar-refractivity contribution >= 4 is 46.8 Å². The predicted octanol–water partition coefficient (Wildman–Crippen LogP) is 6.18. The van der Waals surface area contributed by atoms with E-state index in [2.05, 4.69) is 37.4 Å². The number of nitrogens with zero attached hydrogens (tertiary/aromatic N) is 1. The van der Waals surface area contributed by atoms with E-state index in [0.717, 1.165) is 17.7 Å². The van der Waals surface area contributed by atoms with E-state index in [-0.39, 0.29) is 30.2 Å². The van der Waals surface area contributed by atoms with E-state index >= 15 is 0 Å². The topological polar surface area (TPSA) is 49.4 Å². The molecule has 0 aliphatic rings. The first kappa shape index (κ1) is 26.6. The maximum Gasteiger partial charge on any atom is 0.242 e. The average molecular weight is 496 g/mol. The Labute approximate surface area is 206 Å². The average Bonchev–Trinajstić information content (AvgIpc) is 2.71. The smallest absolute Gasteiger partial charge is 0.242 e. The molecule has 0 heterocycles. The van der Waals surface area contributed by atoms with Crippen molar-refractivity contribution in [3.8, 4) is 0 Å². The fraction of sp³-hybridized carbons (Fsp3) is 0.440. The summed E-state index contributed by atoms with van der Waals surface area (Å²) in [6, 6.07) is 11.0. The van der Waals surface area contributed by atoms with Crippen LogP contribution in [0.5, 0.6) is 0 Å². The lowest BCUT2D eigenvalue weighted by Gasteiger charge is -2.30. The van der Waals surface area contributed by atoms with E-state index in [9.17, 15) is 9.59 Å². The van der Waals surface area contributed by atoms with E-state index in [4.69, 9.17) is 23.2 Å². The number of benzene rings is 2. The Morgan fingerprint density at radius 2 is 1.72 bits per heavy atom. The Balaban J connectivity index is 2.14. The van der Waals surface area contributed by atoms with Crippen molar-refractivity contribution < 1.29 is 9.59 Å². The second kappa shape index (κ2) is 12.5. The summed E-state index contributed by atoms with van der Waals surface area (Å²) in [4.78, 5) is 27.6. The van der Waals surface area contributed by atoms with Crippen molar-refractivity contribution in [2.75, 3.05) is 5.75 Å². The van der Waals surface area contributed by atoms with Gasteiger partial charge in [0.15, 0.2) is 0 Å². The Morgan fingerprint density at radius 1 is 1.06 bits per heavy atom. The van der Waals surface area contributed by atoms with E-state index in [1.165, 1.54) is 16.7 Å². The highest BCUT2D eigenvalue weighted by Crippen LogP contribution is 2.24. The maximum absolute atomic E-state index is 13.2. The minimum Gasteiger partial charge on any atom is -0.352 e. The van der Waals surface area contributed by atoms with Crippen molar-refractivity contribution in [3.05, 3.63) is 68.7 Å². The molecule has 0 aromatic heterocycles. The summed E-state index contributed by atoms with van der Waals surface area (Å²) in [6.45, 7) is 10.1. The second-order valence-electron chi connectivity index (χ2n) is 8.24. The third kappa shape index (κ3) is 8.02. The summed E-state index contributed by atoms with van der Waals surface area (Å²) in [7, 11) is 0. The highest BCUT2D eigenvalue weighted by molar-refractivity contribution is 7.99. The van der Waals surface area contributed by atoms with Gasteiger partial charge in [-0.2, -0.15) is 0 Å². The largest absolute Gasteiger partial charge is 0.352 e. The van der Waals surface area contributed by atoms with E-state index in [0.29, 0.717) is 10.0 Å². The molecule has 32 heavy (non-hydrogen) atoms. The van der Waals surface area contributed by atoms with E-state index in [1.807, 2.05) is 13.8 Å². The molecule has 1 N–H and O–H groups in total. The van der Waals surface area contributed by atoms with Crippen LogP contribution < -0.4 is 5.32 Å². The molecule has 0 fully saturated rings. The first-order chi connectivity index (χ1) is 15.1. The van der Waals surface area contributed by atoms with Crippen LogP contribution in [0.2, 0.25) is 10.0 Å². The minimum atomic E-state index is -0.620. The molecule has 0 saturated carbocycles. The Morgan fingerprint density at radius 3 is 2.31 bits per heavy atom. The van der Waals surface area contributed by atoms with Gasteiger partial charge in [-0.1, -0.05) is 65.5 Å². The summed E-state index contributed by atoms with van der Waals surface area (Å²) in [5.74, 6) is 0.741. The zero-order valence-corrected chi connectivity index (χ0v) is 21.7. The van der Waals surface area contributed by atoms with Gasteiger partial charge in [-0.25, -0.2) is 0 Å². The van der Waals surface area contributed by atoms with Crippen LogP contribution in [0.4, 0.5) is 0 Å². The number of nitrogens with one attached hydrogen (secondary N) is 1. The molecule has 0 radical (unpaired) electrons. The summed E-state index contributed by atoms with van der Waals surface area (Å²) in [6.07, 6.45) is 0.821. The lowest BCUT2D eigenvalue weighted by atomic mass is 10.1. The van der Waals surface area contributed by atoms with Gasteiger partial charge in [0, 0.05) is 28.4 Å². The summed E-state index contributed by atoms with van der Waals surface area (Å²) in [5.41, 5.74) is 4.37. The lowest BCUT2D eigenvalue weighted by Crippen LogP contribution is -2.50. The number of amides is 2. The second-order valence-corrected chi connectivity index (χ2v) is 10.1. The zero-order chi connectivity index (χ0) is 23.8. The SMILES string of the molecule is CC[C@@H](C)NC(=O)[C@H](C)N(Cc1ccc(Cl)cc1Cl)C(=O)CSCc1cc(C)cc(C)c1. The molecule has 2 rings (SSSR count). The van der Waals surface area contributed by atoms with Crippen molar-refractivity contribution in [2.45, 2.75) is 65.4 Å². The number of aryl methyl sites for hydroxylation is 2. The monoisotopic (exact) mass is 494 g/mol. The van der Waals surface area contributed by atoms with E-state index < -0.39 is 6.04 Å². The molecule has 2 atom stereocenters. The number of hydrogen-bond donors (Lipinski definition) is 1. The van der Waals surface area contributed by atoms with Crippen molar-refractivity contribution in [1.82, 2.24) is 10.2 Å². The predicted molar refractivity (Wildman–Crippen MR) is 136 cm³/mol. The summed E-state index contributed by atoms with van der Waals surface area (Å²) >= 11 is 13.9. The van der Waals surface area contributed by atoms with Crippen LogP contribution in [0.25, 0.3) is 0 Å². The van der Waals surface area contributed by atoms with Crippen LogP contribution in [0.15, 0.2) is 36.4 Å². The summed E-state index contributed by atoms with van der Waals surface area (Å²) in [5, 5.41) is 3.98. The molecular formula is C25H32Cl2N2O2S. The van der Waals surface area contributed by atoms with Gasteiger partial charge in [0.1, 0.15) is 6.04 Å². The molecule has 0 unspecified atom stereocenters. The molecule has 0 aliphatic heterocycles. The third-order valence-corrected chi connectivity index (χ3v) is 6.88. The lowest BCUT2D eigenvalue weighted by molar-refractivity contribution is -0.138. The number of rotatable bonds is 10. The number of carbonyl (C=O) groups is 2. The fourth-order valence-electron chi connectivity index (χ4n) is 3.37. The molecule has 2 amide bonds. The molecule has 4 nitrogen and oxygen atoms in total. The maximum atomic E-state index is 13.2. The molecule has 174 valence electrons. The van der Waals surface area contributed by atoms with Crippen molar-refractivity contribution in [2.24, 2.45) is 0 Å². The van der Waals surface area contributed by atoms with Crippen LogP contribution in [0.3, 0.4) is 0 Å². The number of halogens is 2. The normalized spacial score (nSPS) is 12.8. The van der Waals surface area contributed by atoms with Crippen LogP contribution in [0.1, 0.15) is 49.4 Å². The molecule has 2 aromatic carbocycles.